The van der Waals surface area contributed by atoms with Crippen LogP contribution in [0.5, 0.6) is 0 Å². The molecule has 0 unspecified atom stereocenters. The van der Waals surface area contributed by atoms with Crippen LogP contribution in [0.4, 0.5) is 0 Å². The highest BCUT2D eigenvalue weighted by molar-refractivity contribution is 5.80. The monoisotopic (exact) mass is 397 g/mol. The van der Waals surface area contributed by atoms with Crippen LogP contribution in [-0.2, 0) is 19.5 Å². The van der Waals surface area contributed by atoms with Crippen LogP contribution in [0, 0.1) is 6.92 Å². The van der Waals surface area contributed by atoms with Gasteiger partial charge in [-0.2, -0.15) is 0 Å². The Balaban J connectivity index is 1.46. The Morgan fingerprint density at radius 2 is 2.07 bits per heavy atom. The second-order valence-electron chi connectivity index (χ2n) is 7.74. The number of piperidine rings is 1. The molecule has 158 valence electrons. The minimum atomic E-state index is 0.475. The maximum Gasteiger partial charge on any atom is 0.191 e. The van der Waals surface area contributed by atoms with Gasteiger partial charge in [0.05, 0.1) is 6.54 Å². The predicted octanol–water partition coefficient (Wildman–Crippen LogP) is 2.37. The molecule has 2 aromatic rings. The first-order chi connectivity index (χ1) is 14.2. The van der Waals surface area contributed by atoms with E-state index in [1.54, 1.807) is 6.33 Å². The zero-order valence-corrected chi connectivity index (χ0v) is 18.1. The summed E-state index contributed by atoms with van der Waals surface area (Å²) in [5, 5.41) is 15.1. The molecule has 0 saturated carbocycles. The fraction of sp³-hybridized carbons (Fsp3) is 0.591. The van der Waals surface area contributed by atoms with Crippen molar-refractivity contribution in [2.45, 2.75) is 59.2 Å². The Bertz CT molecular complexity index is 775. The third-order valence-corrected chi connectivity index (χ3v) is 5.38. The molecule has 1 fully saturated rings. The van der Waals surface area contributed by atoms with Crippen LogP contribution in [0.1, 0.15) is 43.6 Å². The molecule has 0 amide bonds. The van der Waals surface area contributed by atoms with Gasteiger partial charge in [-0.25, -0.2) is 0 Å². The summed E-state index contributed by atoms with van der Waals surface area (Å²) >= 11 is 0. The minimum absolute atomic E-state index is 0.475. The highest BCUT2D eigenvalue weighted by atomic mass is 15.3. The number of likely N-dealkylation sites (tertiary alicyclic amines) is 1. The lowest BCUT2D eigenvalue weighted by Gasteiger charge is -2.33. The average Bonchev–Trinajstić information content (AvgIpc) is 3.17. The Hall–Kier alpha value is -2.41. The molecule has 0 spiro atoms. The van der Waals surface area contributed by atoms with Crippen LogP contribution >= 0.6 is 0 Å². The highest BCUT2D eigenvalue weighted by Gasteiger charge is 2.20. The maximum atomic E-state index is 4.76. The topological polar surface area (TPSA) is 70.4 Å². The third kappa shape index (κ3) is 6.56. The second kappa shape index (κ2) is 11.0. The normalized spacial score (nSPS) is 16.2. The first kappa shape index (κ1) is 21.3. The smallest absolute Gasteiger partial charge is 0.191 e. The van der Waals surface area contributed by atoms with Gasteiger partial charge in [-0.1, -0.05) is 36.8 Å². The molecule has 1 saturated heterocycles. The molecule has 0 bridgehead atoms. The molecule has 0 radical (unpaired) electrons. The zero-order chi connectivity index (χ0) is 20.5. The summed E-state index contributed by atoms with van der Waals surface area (Å²) in [7, 11) is 0. The number of nitrogens with zero attached hydrogens (tertiary/aromatic N) is 5. The van der Waals surface area contributed by atoms with E-state index < -0.39 is 0 Å². The number of hydrogen-bond donors (Lipinski definition) is 2. The Kier molecular flexibility index (Phi) is 8.04. The van der Waals surface area contributed by atoms with E-state index in [2.05, 4.69) is 75.3 Å². The first-order valence-corrected chi connectivity index (χ1v) is 10.9. The van der Waals surface area contributed by atoms with Crippen molar-refractivity contribution in [3.8, 4) is 0 Å². The molecule has 1 aliphatic heterocycles. The quantitative estimate of drug-likeness (QED) is 0.529. The molecule has 3 rings (SSSR count). The lowest BCUT2D eigenvalue weighted by atomic mass is 10.0. The van der Waals surface area contributed by atoms with E-state index in [-0.39, 0.29) is 0 Å². The first-order valence-electron chi connectivity index (χ1n) is 10.9. The molecular weight excluding hydrogens is 362 g/mol. The molecular formula is C22H35N7. The maximum absolute atomic E-state index is 4.76. The predicted molar refractivity (Wildman–Crippen MR) is 118 cm³/mol. The Labute approximate surface area is 174 Å². The van der Waals surface area contributed by atoms with E-state index in [9.17, 15) is 0 Å². The van der Waals surface area contributed by atoms with Gasteiger partial charge >= 0.3 is 0 Å². The summed E-state index contributed by atoms with van der Waals surface area (Å²) in [5.74, 6) is 1.93. The van der Waals surface area contributed by atoms with E-state index >= 15 is 0 Å². The van der Waals surface area contributed by atoms with Gasteiger partial charge in [0.25, 0.3) is 0 Å². The molecule has 7 nitrogen and oxygen atoms in total. The van der Waals surface area contributed by atoms with Gasteiger partial charge in [0.2, 0.25) is 0 Å². The molecule has 1 aliphatic rings. The fourth-order valence-electron chi connectivity index (χ4n) is 3.83. The van der Waals surface area contributed by atoms with Crippen molar-refractivity contribution < 1.29 is 0 Å². The summed E-state index contributed by atoms with van der Waals surface area (Å²) in [6, 6.07) is 9.31. The average molecular weight is 398 g/mol. The molecule has 29 heavy (non-hydrogen) atoms. The van der Waals surface area contributed by atoms with Gasteiger partial charge in [0.1, 0.15) is 12.2 Å². The van der Waals surface area contributed by atoms with E-state index in [4.69, 9.17) is 4.99 Å². The molecule has 2 N–H and O–H groups in total. The van der Waals surface area contributed by atoms with Crippen molar-refractivity contribution in [3.05, 3.63) is 47.5 Å². The molecule has 1 aromatic carbocycles. The standard InChI is InChI=1S/C22H35N7/c1-4-21-27-25-17-29(21)14-11-24-22(23-5-2)26-20-9-12-28(13-10-20)16-19-8-6-7-18(3)15-19/h6-8,15,17,20H,4-5,9-14,16H2,1-3H3,(H2,23,24,26). The van der Waals surface area contributed by atoms with Crippen LogP contribution in [0.25, 0.3) is 0 Å². The number of guanidine groups is 1. The van der Waals surface area contributed by atoms with Crippen molar-refractivity contribution in [1.82, 2.24) is 30.3 Å². The summed E-state index contributed by atoms with van der Waals surface area (Å²) in [5.41, 5.74) is 2.75. The van der Waals surface area contributed by atoms with Crippen LogP contribution in [0.2, 0.25) is 0 Å². The van der Waals surface area contributed by atoms with Crippen LogP contribution in [0.3, 0.4) is 0 Å². The van der Waals surface area contributed by atoms with Gasteiger partial charge in [0, 0.05) is 45.2 Å². The van der Waals surface area contributed by atoms with Crippen LogP contribution in [-0.4, -0.2) is 57.8 Å². The van der Waals surface area contributed by atoms with Crippen LogP contribution < -0.4 is 10.6 Å². The number of nitrogens with one attached hydrogen (secondary N) is 2. The van der Waals surface area contributed by atoms with Crippen LogP contribution in [0.15, 0.2) is 35.6 Å². The largest absolute Gasteiger partial charge is 0.357 e. The SMILES string of the molecule is CCNC(=NCCn1cnnc1CC)NC1CCN(Cc2cccc(C)c2)CC1. The number of aromatic nitrogens is 3. The van der Waals surface area contributed by atoms with Gasteiger partial charge in [-0.3, -0.25) is 9.89 Å². The highest BCUT2D eigenvalue weighted by Crippen LogP contribution is 2.14. The summed E-state index contributed by atoms with van der Waals surface area (Å²) in [6.07, 6.45) is 4.96. The van der Waals surface area contributed by atoms with Gasteiger partial charge in [-0.05, 0) is 32.3 Å². The Morgan fingerprint density at radius 1 is 1.24 bits per heavy atom. The lowest BCUT2D eigenvalue weighted by molar-refractivity contribution is 0.198. The van der Waals surface area contributed by atoms with Crippen molar-refractivity contribution >= 4 is 5.96 Å². The van der Waals surface area contributed by atoms with Gasteiger partial charge in [0.15, 0.2) is 5.96 Å². The van der Waals surface area contributed by atoms with E-state index in [0.717, 1.165) is 63.8 Å². The number of aliphatic imine (C=N–C) groups is 1. The number of benzene rings is 1. The molecule has 1 aromatic heterocycles. The molecule has 7 heteroatoms. The summed E-state index contributed by atoms with van der Waals surface area (Å²) in [6.45, 7) is 12.0. The van der Waals surface area contributed by atoms with Gasteiger partial charge < -0.3 is 15.2 Å². The molecule has 0 aliphatic carbocycles. The molecule has 2 heterocycles. The summed E-state index contributed by atoms with van der Waals surface area (Å²) < 4.78 is 2.08. The van der Waals surface area contributed by atoms with E-state index in [0.29, 0.717) is 12.6 Å². The van der Waals surface area contributed by atoms with Crippen molar-refractivity contribution in [3.63, 3.8) is 0 Å². The number of hydrogen-bond acceptors (Lipinski definition) is 4. The van der Waals surface area contributed by atoms with Crippen molar-refractivity contribution in [2.75, 3.05) is 26.2 Å². The van der Waals surface area contributed by atoms with Gasteiger partial charge in [-0.15, -0.1) is 10.2 Å². The fourth-order valence-corrected chi connectivity index (χ4v) is 3.83. The number of rotatable bonds is 8. The van der Waals surface area contributed by atoms with E-state index in [1.165, 1.54) is 11.1 Å². The van der Waals surface area contributed by atoms with Crippen molar-refractivity contribution in [2.24, 2.45) is 4.99 Å². The minimum Gasteiger partial charge on any atom is -0.357 e. The lowest BCUT2D eigenvalue weighted by Crippen LogP contribution is -2.48. The second-order valence-corrected chi connectivity index (χ2v) is 7.74. The molecule has 0 atom stereocenters. The number of aryl methyl sites for hydroxylation is 2. The third-order valence-electron chi connectivity index (χ3n) is 5.38. The van der Waals surface area contributed by atoms with E-state index in [1.807, 2.05) is 0 Å². The zero-order valence-electron chi connectivity index (χ0n) is 18.1. The Morgan fingerprint density at radius 3 is 2.79 bits per heavy atom. The summed E-state index contributed by atoms with van der Waals surface area (Å²) in [4.78, 5) is 7.31. The van der Waals surface area contributed by atoms with Crippen molar-refractivity contribution in [1.29, 1.82) is 0 Å².